The van der Waals surface area contributed by atoms with Crippen molar-refractivity contribution >= 4 is 12.4 Å². The molecule has 0 unspecified atom stereocenters. The first-order chi connectivity index (χ1) is 3.31. The molecule has 3 heteroatoms. The number of nitrogens with two attached hydrogens (primary N) is 1. The highest BCUT2D eigenvalue weighted by Gasteiger charge is 1.80. The molecule has 2 N–H and O–H groups in total. The average molecular weight is 140 g/mol. The van der Waals surface area contributed by atoms with Crippen LogP contribution in [-0.4, -0.2) is 13.2 Å². The zero-order valence-corrected chi connectivity index (χ0v) is 5.67. The third kappa shape index (κ3) is 5.92. The van der Waals surface area contributed by atoms with Gasteiger partial charge in [0.15, 0.2) is 0 Å². The van der Waals surface area contributed by atoms with Crippen molar-refractivity contribution in [1.29, 1.82) is 0 Å². The number of rotatable bonds is 2. The molecule has 0 heterocycles. The van der Waals surface area contributed by atoms with E-state index in [1.807, 2.05) is 0 Å². The maximum atomic E-state index is 11.4. The first kappa shape index (κ1) is 10.8. The molecule has 0 aromatic heterocycles. The highest BCUT2D eigenvalue weighted by Crippen LogP contribution is 1.88. The molecule has 0 rings (SSSR count). The summed E-state index contributed by atoms with van der Waals surface area (Å²) in [6.07, 6.45) is 1.67. The quantitative estimate of drug-likeness (QED) is 0.574. The van der Waals surface area contributed by atoms with Crippen molar-refractivity contribution < 1.29 is 4.39 Å². The van der Waals surface area contributed by atoms with Crippen LogP contribution in [0.1, 0.15) is 6.92 Å². The zero-order chi connectivity index (χ0) is 5.70. The summed E-state index contributed by atoms with van der Waals surface area (Å²) in [7, 11) is 0. The van der Waals surface area contributed by atoms with Gasteiger partial charge in [-0.1, -0.05) is 6.08 Å². The predicted octanol–water partition coefficient (Wildman–Crippen LogP) is 1.28. The summed E-state index contributed by atoms with van der Waals surface area (Å²) in [6, 6.07) is 0. The predicted molar refractivity (Wildman–Crippen MR) is 36.0 cm³/mol. The lowest BCUT2D eigenvalue weighted by molar-refractivity contribution is 0.542. The number of hydrogen-bond donors (Lipinski definition) is 1. The van der Waals surface area contributed by atoms with Crippen molar-refractivity contribution in [3.8, 4) is 0 Å². The van der Waals surface area contributed by atoms with Gasteiger partial charge in [-0.05, 0) is 12.5 Å². The van der Waals surface area contributed by atoms with Gasteiger partial charge in [-0.2, -0.15) is 0 Å². The van der Waals surface area contributed by atoms with E-state index >= 15 is 0 Å². The van der Waals surface area contributed by atoms with Crippen molar-refractivity contribution in [2.75, 3.05) is 13.2 Å². The van der Waals surface area contributed by atoms with E-state index in [1.165, 1.54) is 0 Å². The molecule has 0 radical (unpaired) electrons. The molecule has 0 saturated heterocycles. The molecule has 8 heavy (non-hydrogen) atoms. The normalized spacial score (nSPS) is 10.6. The lowest BCUT2D eigenvalue weighted by Crippen LogP contribution is -1.94. The molecule has 0 aromatic rings. The Kier molecular flexibility index (Phi) is 9.36. The van der Waals surface area contributed by atoms with Crippen LogP contribution < -0.4 is 5.73 Å². The number of halogens is 2. The van der Waals surface area contributed by atoms with Crippen LogP contribution in [0, 0.1) is 0 Å². The second-order valence-electron chi connectivity index (χ2n) is 1.42. The van der Waals surface area contributed by atoms with E-state index < -0.39 is 0 Å². The molecule has 0 atom stereocenters. The molecule has 0 saturated carbocycles. The van der Waals surface area contributed by atoms with E-state index in [0.29, 0.717) is 12.1 Å². The smallest absolute Gasteiger partial charge is 0.110 e. The average Bonchev–Trinajstić information content (AvgIpc) is 1.68. The lowest BCUT2D eigenvalue weighted by atomic mass is 10.3. The molecule has 1 nitrogen and oxygen atoms in total. The van der Waals surface area contributed by atoms with Gasteiger partial charge in [-0.3, -0.25) is 0 Å². The van der Waals surface area contributed by atoms with Crippen LogP contribution in [0.15, 0.2) is 11.6 Å². The van der Waals surface area contributed by atoms with E-state index in [2.05, 4.69) is 0 Å². The second-order valence-corrected chi connectivity index (χ2v) is 1.42. The highest BCUT2D eigenvalue weighted by molar-refractivity contribution is 5.85. The Hall–Kier alpha value is -0.0800. The van der Waals surface area contributed by atoms with Crippen molar-refractivity contribution in [1.82, 2.24) is 0 Å². The van der Waals surface area contributed by atoms with Crippen LogP contribution in [0.2, 0.25) is 0 Å². The molecule has 0 aliphatic rings. The molecule has 0 bridgehead atoms. The van der Waals surface area contributed by atoms with Gasteiger partial charge in [0.25, 0.3) is 0 Å². The van der Waals surface area contributed by atoms with Gasteiger partial charge < -0.3 is 5.73 Å². The summed E-state index contributed by atoms with van der Waals surface area (Å²) in [4.78, 5) is 0. The molecule has 0 aromatic carbocycles. The summed E-state index contributed by atoms with van der Waals surface area (Å²) in [5, 5.41) is 0. The van der Waals surface area contributed by atoms with Crippen LogP contribution in [0.3, 0.4) is 0 Å². The molecular formula is C5H11ClFN. The molecule has 50 valence electrons. The highest BCUT2D eigenvalue weighted by atomic mass is 35.5. The van der Waals surface area contributed by atoms with Crippen LogP contribution in [-0.2, 0) is 0 Å². The van der Waals surface area contributed by atoms with Crippen molar-refractivity contribution in [2.45, 2.75) is 6.92 Å². The van der Waals surface area contributed by atoms with Crippen LogP contribution in [0.25, 0.3) is 0 Å². The summed E-state index contributed by atoms with van der Waals surface area (Å²) in [5.74, 6) is 0. The Morgan fingerprint density at radius 2 is 2.25 bits per heavy atom. The summed E-state index contributed by atoms with van der Waals surface area (Å²) >= 11 is 0. The fraction of sp³-hybridized carbons (Fsp3) is 0.600. The van der Waals surface area contributed by atoms with Gasteiger partial charge in [0, 0.05) is 6.54 Å². The Labute approximate surface area is 55.2 Å². The summed E-state index contributed by atoms with van der Waals surface area (Å²) in [6.45, 7) is 1.78. The maximum absolute atomic E-state index is 11.4. The van der Waals surface area contributed by atoms with Crippen LogP contribution in [0.4, 0.5) is 4.39 Å². The summed E-state index contributed by atoms with van der Waals surface area (Å²) in [5.41, 5.74) is 5.77. The standard InChI is InChI=1S/C5H10FN.ClH/c1-5(4-6)2-3-7;/h2H,3-4,7H2,1H3;1H/b5-2-;. The number of allylic oxidation sites excluding steroid dienone is 1. The third-order valence-electron chi connectivity index (χ3n) is 0.677. The fourth-order valence-electron chi connectivity index (χ4n) is 0.256. The molecular weight excluding hydrogens is 129 g/mol. The number of hydrogen-bond acceptors (Lipinski definition) is 1. The van der Waals surface area contributed by atoms with E-state index in [-0.39, 0.29) is 19.1 Å². The minimum atomic E-state index is -0.378. The van der Waals surface area contributed by atoms with Crippen LogP contribution >= 0.6 is 12.4 Å². The Morgan fingerprint density at radius 3 is 2.38 bits per heavy atom. The fourth-order valence-corrected chi connectivity index (χ4v) is 0.256. The minimum absolute atomic E-state index is 0. The molecule has 0 fully saturated rings. The Morgan fingerprint density at radius 1 is 1.75 bits per heavy atom. The lowest BCUT2D eigenvalue weighted by Gasteiger charge is -1.86. The molecule has 0 aliphatic heterocycles. The third-order valence-corrected chi connectivity index (χ3v) is 0.677. The van der Waals surface area contributed by atoms with E-state index in [1.54, 1.807) is 13.0 Å². The Bertz CT molecular complexity index is 72.8. The van der Waals surface area contributed by atoms with Gasteiger partial charge in [0.05, 0.1) is 0 Å². The first-order valence-corrected chi connectivity index (χ1v) is 2.23. The van der Waals surface area contributed by atoms with Crippen molar-refractivity contribution in [3.63, 3.8) is 0 Å². The second kappa shape index (κ2) is 6.92. The maximum Gasteiger partial charge on any atom is 0.110 e. The Balaban J connectivity index is 0. The SMILES string of the molecule is C/C(=C/CN)CF.Cl. The first-order valence-electron chi connectivity index (χ1n) is 2.23. The molecule has 0 aliphatic carbocycles. The van der Waals surface area contributed by atoms with E-state index in [9.17, 15) is 4.39 Å². The van der Waals surface area contributed by atoms with Crippen LogP contribution in [0.5, 0.6) is 0 Å². The molecule has 0 amide bonds. The van der Waals surface area contributed by atoms with Gasteiger partial charge >= 0.3 is 0 Å². The minimum Gasteiger partial charge on any atom is -0.327 e. The largest absolute Gasteiger partial charge is 0.327 e. The topological polar surface area (TPSA) is 26.0 Å². The molecule has 0 spiro atoms. The van der Waals surface area contributed by atoms with Crippen molar-refractivity contribution in [3.05, 3.63) is 11.6 Å². The van der Waals surface area contributed by atoms with Gasteiger partial charge in [-0.15, -0.1) is 12.4 Å². The van der Waals surface area contributed by atoms with Gasteiger partial charge in [-0.25, -0.2) is 4.39 Å². The van der Waals surface area contributed by atoms with Gasteiger partial charge in [0.1, 0.15) is 6.67 Å². The van der Waals surface area contributed by atoms with E-state index in [4.69, 9.17) is 5.73 Å². The van der Waals surface area contributed by atoms with E-state index in [0.717, 1.165) is 0 Å². The van der Waals surface area contributed by atoms with Gasteiger partial charge in [0.2, 0.25) is 0 Å². The number of alkyl halides is 1. The monoisotopic (exact) mass is 139 g/mol. The summed E-state index contributed by atoms with van der Waals surface area (Å²) < 4.78 is 11.4. The zero-order valence-electron chi connectivity index (χ0n) is 4.86. The van der Waals surface area contributed by atoms with Crippen molar-refractivity contribution in [2.24, 2.45) is 5.73 Å².